The van der Waals surface area contributed by atoms with E-state index in [0.29, 0.717) is 14.9 Å². The topological polar surface area (TPSA) is 66.4 Å². The van der Waals surface area contributed by atoms with Gasteiger partial charge in [0.2, 0.25) is 0 Å². The first-order chi connectivity index (χ1) is 8.56. The lowest BCUT2D eigenvalue weighted by Crippen LogP contribution is -2.10. The van der Waals surface area contributed by atoms with Gasteiger partial charge in [0.05, 0.1) is 14.8 Å². The molecular formula is C12H8ClNO3S. The Hall–Kier alpha value is -1.85. The molecule has 0 saturated heterocycles. The van der Waals surface area contributed by atoms with Crippen LogP contribution >= 0.6 is 22.9 Å². The number of rotatable bonds is 3. The molecule has 0 radical (unpaired) electrons. The van der Waals surface area contributed by atoms with E-state index in [-0.39, 0.29) is 11.5 Å². The summed E-state index contributed by atoms with van der Waals surface area (Å²) in [6.07, 6.45) is 0. The first-order valence-electron chi connectivity index (χ1n) is 4.96. The molecule has 0 aliphatic rings. The zero-order chi connectivity index (χ0) is 13.1. The van der Waals surface area contributed by atoms with Gasteiger partial charge in [0.25, 0.3) is 5.91 Å². The highest BCUT2D eigenvalue weighted by Gasteiger charge is 2.10. The van der Waals surface area contributed by atoms with Crippen LogP contribution in [0.15, 0.2) is 36.4 Å². The highest BCUT2D eigenvalue weighted by atomic mass is 35.5. The second-order valence-electron chi connectivity index (χ2n) is 3.44. The monoisotopic (exact) mass is 281 g/mol. The fourth-order valence-corrected chi connectivity index (χ4v) is 2.30. The number of thiophene rings is 1. The van der Waals surface area contributed by atoms with Crippen LogP contribution in [-0.4, -0.2) is 17.0 Å². The molecule has 0 saturated carbocycles. The van der Waals surface area contributed by atoms with Gasteiger partial charge in [-0.15, -0.1) is 11.3 Å². The zero-order valence-corrected chi connectivity index (χ0v) is 10.6. The Morgan fingerprint density at radius 3 is 2.61 bits per heavy atom. The van der Waals surface area contributed by atoms with Gasteiger partial charge in [0.1, 0.15) is 0 Å². The van der Waals surface area contributed by atoms with Crippen LogP contribution in [-0.2, 0) is 0 Å². The first-order valence-corrected chi connectivity index (χ1v) is 6.16. The number of carbonyl (C=O) groups excluding carboxylic acids is 1. The minimum atomic E-state index is -1.04. The van der Waals surface area contributed by atoms with E-state index in [2.05, 4.69) is 5.32 Å². The minimum Gasteiger partial charge on any atom is -0.478 e. The third kappa shape index (κ3) is 2.88. The number of hydrogen-bond acceptors (Lipinski definition) is 3. The van der Waals surface area contributed by atoms with Crippen molar-refractivity contribution in [2.45, 2.75) is 0 Å². The molecule has 2 N–H and O–H groups in total. The zero-order valence-electron chi connectivity index (χ0n) is 9.01. The van der Waals surface area contributed by atoms with E-state index in [1.165, 1.54) is 12.1 Å². The van der Waals surface area contributed by atoms with E-state index >= 15 is 0 Å². The van der Waals surface area contributed by atoms with Crippen LogP contribution in [0.25, 0.3) is 0 Å². The van der Waals surface area contributed by atoms with E-state index in [1.807, 2.05) is 0 Å². The standard InChI is InChI=1S/C12H8ClNO3S/c13-10-5-4-9(18-10)11(15)14-8-3-1-2-7(6-8)12(16)17/h1-6H,(H,14,15)(H,16,17). The summed E-state index contributed by atoms with van der Waals surface area (Å²) in [5, 5.41) is 11.5. The molecule has 1 amide bonds. The molecule has 4 nitrogen and oxygen atoms in total. The van der Waals surface area contributed by atoms with Crippen LogP contribution in [0, 0.1) is 0 Å². The summed E-state index contributed by atoms with van der Waals surface area (Å²) in [6.45, 7) is 0. The van der Waals surface area contributed by atoms with Crippen LogP contribution in [0.5, 0.6) is 0 Å². The van der Waals surface area contributed by atoms with Crippen molar-refractivity contribution < 1.29 is 14.7 Å². The normalized spacial score (nSPS) is 10.1. The number of nitrogens with one attached hydrogen (secondary N) is 1. The molecule has 2 aromatic rings. The van der Waals surface area contributed by atoms with E-state index in [0.717, 1.165) is 11.3 Å². The van der Waals surface area contributed by atoms with Crippen molar-refractivity contribution in [3.05, 3.63) is 51.2 Å². The summed E-state index contributed by atoms with van der Waals surface area (Å²) >= 11 is 6.90. The Morgan fingerprint density at radius 2 is 2.00 bits per heavy atom. The van der Waals surface area contributed by atoms with Crippen LogP contribution in [0.3, 0.4) is 0 Å². The highest BCUT2D eigenvalue weighted by Crippen LogP contribution is 2.22. The molecule has 18 heavy (non-hydrogen) atoms. The molecule has 92 valence electrons. The number of hydrogen-bond donors (Lipinski definition) is 2. The summed E-state index contributed by atoms with van der Waals surface area (Å²) in [5.74, 6) is -1.35. The second kappa shape index (κ2) is 5.20. The molecule has 1 aromatic carbocycles. The number of carboxylic acids is 1. The van der Waals surface area contributed by atoms with Gasteiger partial charge in [-0.2, -0.15) is 0 Å². The van der Waals surface area contributed by atoms with E-state index in [1.54, 1.807) is 24.3 Å². The molecule has 1 aromatic heterocycles. The van der Waals surface area contributed by atoms with Crippen LogP contribution < -0.4 is 5.32 Å². The van der Waals surface area contributed by atoms with Crippen LogP contribution in [0.1, 0.15) is 20.0 Å². The predicted molar refractivity (Wildman–Crippen MR) is 70.7 cm³/mol. The molecule has 6 heteroatoms. The molecule has 0 unspecified atom stereocenters. The van der Waals surface area contributed by atoms with Crippen molar-refractivity contribution in [1.82, 2.24) is 0 Å². The molecule has 0 spiro atoms. The fourth-order valence-electron chi connectivity index (χ4n) is 1.36. The molecule has 1 heterocycles. The molecule has 2 rings (SSSR count). The summed E-state index contributed by atoms with van der Waals surface area (Å²) in [6, 6.07) is 9.30. The van der Waals surface area contributed by atoms with Crippen molar-refractivity contribution in [1.29, 1.82) is 0 Å². The Labute approximate surface area is 112 Å². The van der Waals surface area contributed by atoms with Crippen molar-refractivity contribution in [2.75, 3.05) is 5.32 Å². The van der Waals surface area contributed by atoms with Crippen molar-refractivity contribution in [3.8, 4) is 0 Å². The Bertz CT molecular complexity index is 609. The lowest BCUT2D eigenvalue weighted by Gasteiger charge is -2.04. The molecule has 0 aliphatic heterocycles. The maximum absolute atomic E-state index is 11.8. The average molecular weight is 282 g/mol. The van der Waals surface area contributed by atoms with Crippen molar-refractivity contribution in [2.24, 2.45) is 0 Å². The Balaban J connectivity index is 2.16. The lowest BCUT2D eigenvalue weighted by molar-refractivity contribution is 0.0696. The summed E-state index contributed by atoms with van der Waals surface area (Å²) in [4.78, 5) is 23.1. The van der Waals surface area contributed by atoms with Crippen molar-refractivity contribution >= 4 is 40.5 Å². The van der Waals surface area contributed by atoms with Gasteiger partial charge in [-0.1, -0.05) is 17.7 Å². The average Bonchev–Trinajstić information content (AvgIpc) is 2.76. The van der Waals surface area contributed by atoms with Gasteiger partial charge in [-0.3, -0.25) is 4.79 Å². The van der Waals surface area contributed by atoms with Crippen LogP contribution in [0.2, 0.25) is 4.34 Å². The quantitative estimate of drug-likeness (QED) is 0.906. The van der Waals surface area contributed by atoms with Gasteiger partial charge < -0.3 is 10.4 Å². The maximum atomic E-state index is 11.8. The lowest BCUT2D eigenvalue weighted by atomic mass is 10.2. The molecule has 0 atom stereocenters. The van der Waals surface area contributed by atoms with Gasteiger partial charge in [0, 0.05) is 5.69 Å². The van der Waals surface area contributed by atoms with Gasteiger partial charge >= 0.3 is 5.97 Å². The minimum absolute atomic E-state index is 0.122. The third-order valence-corrected chi connectivity index (χ3v) is 3.39. The molecule has 0 aliphatic carbocycles. The number of carboxylic acid groups (broad SMARTS) is 1. The largest absolute Gasteiger partial charge is 0.478 e. The van der Waals surface area contributed by atoms with E-state index < -0.39 is 5.97 Å². The number of halogens is 1. The first kappa shape index (κ1) is 12.6. The second-order valence-corrected chi connectivity index (χ2v) is 5.16. The number of amides is 1. The summed E-state index contributed by atoms with van der Waals surface area (Å²) in [7, 11) is 0. The van der Waals surface area contributed by atoms with Gasteiger partial charge in [0.15, 0.2) is 0 Å². The van der Waals surface area contributed by atoms with E-state index in [9.17, 15) is 9.59 Å². The van der Waals surface area contributed by atoms with E-state index in [4.69, 9.17) is 16.7 Å². The fraction of sp³-hybridized carbons (Fsp3) is 0. The highest BCUT2D eigenvalue weighted by molar-refractivity contribution is 7.18. The third-order valence-electron chi connectivity index (χ3n) is 2.16. The Morgan fingerprint density at radius 1 is 1.22 bits per heavy atom. The number of aromatic carboxylic acids is 1. The smallest absolute Gasteiger partial charge is 0.335 e. The Kier molecular flexibility index (Phi) is 3.64. The molecule has 0 bridgehead atoms. The summed E-state index contributed by atoms with van der Waals surface area (Å²) in [5.41, 5.74) is 0.557. The predicted octanol–water partition coefficient (Wildman–Crippen LogP) is 3.35. The molecular weight excluding hydrogens is 274 g/mol. The number of anilines is 1. The van der Waals surface area contributed by atoms with Gasteiger partial charge in [-0.05, 0) is 30.3 Å². The van der Waals surface area contributed by atoms with Crippen LogP contribution in [0.4, 0.5) is 5.69 Å². The number of benzene rings is 1. The number of carbonyl (C=O) groups is 2. The maximum Gasteiger partial charge on any atom is 0.335 e. The molecule has 0 fully saturated rings. The SMILES string of the molecule is O=C(O)c1cccc(NC(=O)c2ccc(Cl)s2)c1. The van der Waals surface area contributed by atoms with Crippen molar-refractivity contribution in [3.63, 3.8) is 0 Å². The summed E-state index contributed by atoms with van der Waals surface area (Å²) < 4.78 is 0.527. The van der Waals surface area contributed by atoms with Gasteiger partial charge in [-0.25, -0.2) is 4.79 Å².